The number of carbonyl (C=O) groups excluding carboxylic acids is 1. The molecule has 1 unspecified atom stereocenters. The van der Waals surface area contributed by atoms with Crippen molar-refractivity contribution in [3.8, 4) is 0 Å². The zero-order valence-corrected chi connectivity index (χ0v) is 15.7. The van der Waals surface area contributed by atoms with Gasteiger partial charge >= 0.3 is 0 Å². The van der Waals surface area contributed by atoms with Crippen LogP contribution in [0.4, 0.5) is 0 Å². The van der Waals surface area contributed by atoms with Gasteiger partial charge in [0.05, 0.1) is 0 Å². The van der Waals surface area contributed by atoms with E-state index in [-0.39, 0.29) is 5.91 Å². The Labute approximate surface area is 147 Å². The van der Waals surface area contributed by atoms with Gasteiger partial charge in [-0.1, -0.05) is 6.92 Å². The quantitative estimate of drug-likeness (QED) is 0.564. The van der Waals surface area contributed by atoms with Crippen molar-refractivity contribution in [3.05, 3.63) is 0 Å². The number of likely N-dealkylation sites (tertiary alicyclic amines) is 2. The molecule has 0 aromatic heterocycles. The topological polar surface area (TPSA) is 60.0 Å². The van der Waals surface area contributed by atoms with E-state index in [4.69, 9.17) is 4.99 Å². The van der Waals surface area contributed by atoms with Gasteiger partial charge in [0.2, 0.25) is 5.91 Å². The van der Waals surface area contributed by atoms with Crippen molar-refractivity contribution < 1.29 is 4.79 Å². The standard InChI is InChI=1S/C18H35N5O/c1-4-20-18(21-13-16-6-9-22(5-2)14-16)23-10-7-15(8-11-23)12-17(24)19-3/h15-16H,4-14H2,1-3H3,(H,19,24)(H,20,21). The van der Waals surface area contributed by atoms with Crippen LogP contribution in [0.25, 0.3) is 0 Å². The summed E-state index contributed by atoms with van der Waals surface area (Å²) in [4.78, 5) is 21.3. The van der Waals surface area contributed by atoms with Crippen LogP contribution in [0.5, 0.6) is 0 Å². The third kappa shape index (κ3) is 5.65. The van der Waals surface area contributed by atoms with Gasteiger partial charge in [-0.15, -0.1) is 0 Å². The maximum Gasteiger partial charge on any atom is 0.220 e. The Bertz CT molecular complexity index is 418. The maximum absolute atomic E-state index is 11.5. The highest BCUT2D eigenvalue weighted by atomic mass is 16.1. The molecule has 2 saturated heterocycles. The second-order valence-corrected chi connectivity index (χ2v) is 7.05. The van der Waals surface area contributed by atoms with Crippen LogP contribution in [0.15, 0.2) is 4.99 Å². The van der Waals surface area contributed by atoms with Crippen molar-refractivity contribution in [2.45, 2.75) is 39.5 Å². The summed E-state index contributed by atoms with van der Waals surface area (Å²) in [6.45, 7) is 11.8. The van der Waals surface area contributed by atoms with Crippen molar-refractivity contribution in [3.63, 3.8) is 0 Å². The molecule has 0 radical (unpaired) electrons. The monoisotopic (exact) mass is 337 g/mol. The van der Waals surface area contributed by atoms with Gasteiger partial charge < -0.3 is 20.4 Å². The molecule has 2 N–H and O–H groups in total. The zero-order chi connectivity index (χ0) is 17.4. The minimum atomic E-state index is 0.163. The number of piperidine rings is 1. The lowest BCUT2D eigenvalue weighted by Gasteiger charge is -2.34. The average molecular weight is 338 g/mol. The predicted molar refractivity (Wildman–Crippen MR) is 99.2 cm³/mol. The first-order valence-electron chi connectivity index (χ1n) is 9.62. The van der Waals surface area contributed by atoms with Crippen molar-refractivity contribution in [1.29, 1.82) is 0 Å². The van der Waals surface area contributed by atoms with Gasteiger partial charge in [-0.05, 0) is 51.1 Å². The van der Waals surface area contributed by atoms with E-state index >= 15 is 0 Å². The second-order valence-electron chi connectivity index (χ2n) is 7.05. The van der Waals surface area contributed by atoms with E-state index in [1.165, 1.54) is 19.5 Å². The summed E-state index contributed by atoms with van der Waals surface area (Å²) in [5.41, 5.74) is 0. The van der Waals surface area contributed by atoms with Gasteiger partial charge in [0.1, 0.15) is 0 Å². The molecule has 0 aromatic rings. The van der Waals surface area contributed by atoms with Crippen LogP contribution in [0, 0.1) is 11.8 Å². The van der Waals surface area contributed by atoms with E-state index in [1.54, 1.807) is 7.05 Å². The summed E-state index contributed by atoms with van der Waals surface area (Å²) in [5.74, 6) is 2.43. The Hall–Kier alpha value is -1.30. The highest BCUT2D eigenvalue weighted by Crippen LogP contribution is 2.21. The summed E-state index contributed by atoms with van der Waals surface area (Å²) >= 11 is 0. The molecule has 2 fully saturated rings. The van der Waals surface area contributed by atoms with Gasteiger partial charge in [-0.25, -0.2) is 0 Å². The van der Waals surface area contributed by atoms with Crippen LogP contribution in [-0.4, -0.2) is 74.5 Å². The lowest BCUT2D eigenvalue weighted by atomic mass is 9.93. The van der Waals surface area contributed by atoms with Crippen LogP contribution in [0.2, 0.25) is 0 Å². The molecule has 2 aliphatic rings. The molecule has 2 heterocycles. The number of hydrogen-bond acceptors (Lipinski definition) is 3. The zero-order valence-electron chi connectivity index (χ0n) is 15.7. The van der Waals surface area contributed by atoms with Crippen LogP contribution in [-0.2, 0) is 4.79 Å². The Balaban J connectivity index is 1.82. The molecule has 1 atom stereocenters. The number of nitrogens with zero attached hydrogens (tertiary/aromatic N) is 3. The van der Waals surface area contributed by atoms with Crippen molar-refractivity contribution in [2.75, 3.05) is 52.9 Å². The molecular formula is C18H35N5O. The van der Waals surface area contributed by atoms with Gasteiger partial charge in [-0.3, -0.25) is 9.79 Å². The third-order valence-corrected chi connectivity index (χ3v) is 5.32. The van der Waals surface area contributed by atoms with Crippen molar-refractivity contribution >= 4 is 11.9 Å². The SMILES string of the molecule is CCNC(=NCC1CCN(CC)C1)N1CCC(CC(=O)NC)CC1. The van der Waals surface area contributed by atoms with E-state index in [2.05, 4.69) is 34.3 Å². The minimum Gasteiger partial charge on any atom is -0.359 e. The molecule has 0 aromatic carbocycles. The molecule has 0 saturated carbocycles. The molecule has 0 spiro atoms. The summed E-state index contributed by atoms with van der Waals surface area (Å²) in [5, 5.41) is 6.19. The lowest BCUT2D eigenvalue weighted by Crippen LogP contribution is -2.46. The van der Waals surface area contributed by atoms with Crippen LogP contribution in [0.1, 0.15) is 39.5 Å². The fourth-order valence-electron chi connectivity index (χ4n) is 3.70. The van der Waals surface area contributed by atoms with Crippen molar-refractivity contribution in [1.82, 2.24) is 20.4 Å². The van der Waals surface area contributed by atoms with Gasteiger partial charge in [0, 0.05) is 46.2 Å². The highest BCUT2D eigenvalue weighted by molar-refractivity contribution is 5.80. The fraction of sp³-hybridized carbons (Fsp3) is 0.889. The van der Waals surface area contributed by atoms with E-state index in [9.17, 15) is 4.79 Å². The van der Waals surface area contributed by atoms with Gasteiger partial charge in [0.25, 0.3) is 0 Å². The minimum absolute atomic E-state index is 0.163. The van der Waals surface area contributed by atoms with E-state index in [0.29, 0.717) is 18.3 Å². The molecule has 138 valence electrons. The molecule has 24 heavy (non-hydrogen) atoms. The largest absolute Gasteiger partial charge is 0.359 e. The van der Waals surface area contributed by atoms with E-state index in [0.717, 1.165) is 51.5 Å². The molecule has 6 heteroatoms. The van der Waals surface area contributed by atoms with Crippen LogP contribution >= 0.6 is 0 Å². The molecule has 6 nitrogen and oxygen atoms in total. The Morgan fingerprint density at radius 2 is 1.83 bits per heavy atom. The second kappa shape index (κ2) is 9.87. The summed E-state index contributed by atoms with van der Waals surface area (Å²) in [6, 6.07) is 0. The van der Waals surface area contributed by atoms with Gasteiger partial charge in [0.15, 0.2) is 5.96 Å². The Morgan fingerprint density at radius 3 is 2.42 bits per heavy atom. The van der Waals surface area contributed by atoms with Gasteiger partial charge in [-0.2, -0.15) is 0 Å². The lowest BCUT2D eigenvalue weighted by molar-refractivity contribution is -0.121. The normalized spacial score (nSPS) is 23.5. The number of amides is 1. The fourth-order valence-corrected chi connectivity index (χ4v) is 3.70. The van der Waals surface area contributed by atoms with E-state index < -0.39 is 0 Å². The molecule has 2 aliphatic heterocycles. The smallest absolute Gasteiger partial charge is 0.220 e. The number of hydrogen-bond donors (Lipinski definition) is 2. The number of nitrogens with one attached hydrogen (secondary N) is 2. The first-order valence-corrected chi connectivity index (χ1v) is 9.62. The highest BCUT2D eigenvalue weighted by Gasteiger charge is 2.24. The number of carbonyl (C=O) groups is 1. The molecule has 0 aliphatic carbocycles. The summed E-state index contributed by atoms with van der Waals surface area (Å²) in [7, 11) is 1.72. The number of guanidine groups is 1. The van der Waals surface area contributed by atoms with Crippen LogP contribution in [0.3, 0.4) is 0 Å². The summed E-state index contributed by atoms with van der Waals surface area (Å²) in [6.07, 6.45) is 4.08. The molecule has 2 rings (SSSR count). The molecule has 1 amide bonds. The number of rotatable bonds is 6. The third-order valence-electron chi connectivity index (χ3n) is 5.32. The van der Waals surface area contributed by atoms with E-state index in [1.807, 2.05) is 0 Å². The first-order chi connectivity index (χ1) is 11.7. The summed E-state index contributed by atoms with van der Waals surface area (Å²) < 4.78 is 0. The first kappa shape index (κ1) is 19.0. The molecular weight excluding hydrogens is 302 g/mol. The number of aliphatic imine (C=N–C) groups is 1. The maximum atomic E-state index is 11.5. The van der Waals surface area contributed by atoms with Crippen molar-refractivity contribution in [2.24, 2.45) is 16.8 Å². The van der Waals surface area contributed by atoms with Crippen LogP contribution < -0.4 is 10.6 Å². The predicted octanol–water partition coefficient (Wildman–Crippen LogP) is 1.14. The Morgan fingerprint density at radius 1 is 1.12 bits per heavy atom. The molecule has 0 bridgehead atoms. The average Bonchev–Trinajstić information content (AvgIpc) is 3.07. The Kier molecular flexibility index (Phi) is 7.82.